The van der Waals surface area contributed by atoms with Gasteiger partial charge in [0.15, 0.2) is 0 Å². The molecule has 168 valence electrons. The average Bonchev–Trinajstić information content (AvgIpc) is 3.25. The molecule has 0 fully saturated rings. The zero-order chi connectivity index (χ0) is 22.1. The Hall–Kier alpha value is -4.34. The maximum absolute atomic E-state index is 13.0. The molecule has 1 N–H and O–H groups in total. The van der Waals surface area contributed by atoms with Crippen LogP contribution in [0.3, 0.4) is 0 Å². The Morgan fingerprint density at radius 1 is 1.15 bits per heavy atom. The maximum atomic E-state index is 13.0. The molecule has 2 aromatic heterocycles. The van der Waals surface area contributed by atoms with Gasteiger partial charge in [-0.2, -0.15) is 4.98 Å². The Bertz CT molecular complexity index is 1310. The molecular formula is C23H22N6O4. The van der Waals surface area contributed by atoms with Crippen molar-refractivity contribution >= 4 is 28.5 Å². The highest BCUT2D eigenvalue weighted by Gasteiger charge is 2.32. The molecule has 0 unspecified atom stereocenters. The van der Waals surface area contributed by atoms with E-state index in [1.807, 2.05) is 30.3 Å². The third kappa shape index (κ3) is 4.36. The summed E-state index contributed by atoms with van der Waals surface area (Å²) in [5, 5.41) is 6.38. The lowest BCUT2D eigenvalue weighted by molar-refractivity contribution is -0.120. The van der Waals surface area contributed by atoms with Crippen molar-refractivity contribution in [2.45, 2.75) is 19.9 Å². The molecule has 2 aromatic carbocycles. The maximum Gasteiger partial charge on any atom is 0.293 e. The predicted molar refractivity (Wildman–Crippen MR) is 120 cm³/mol. The number of nitrogens with zero attached hydrogens (tertiary/aromatic N) is 5. The lowest BCUT2D eigenvalue weighted by Gasteiger charge is -2.20. The van der Waals surface area contributed by atoms with Crippen LogP contribution in [0.15, 0.2) is 59.4 Å². The van der Waals surface area contributed by atoms with Crippen molar-refractivity contribution < 1.29 is 18.8 Å². The summed E-state index contributed by atoms with van der Waals surface area (Å²) in [6, 6.07) is 12.1. The number of carbonyl (C=O) groups is 2. The van der Waals surface area contributed by atoms with Crippen LogP contribution in [0.2, 0.25) is 0 Å². The Balaban J connectivity index is 0.00000259. The Kier molecular flexibility index (Phi) is 5.99. The van der Waals surface area contributed by atoms with Crippen LogP contribution in [0.1, 0.15) is 29.5 Å². The summed E-state index contributed by atoms with van der Waals surface area (Å²) in [6.07, 6.45) is 3.56. The van der Waals surface area contributed by atoms with Crippen molar-refractivity contribution in [2.75, 3.05) is 18.6 Å². The number of fused-ring (bicyclic) bond motifs is 2. The molecule has 3 heterocycles. The number of nitrogens with one attached hydrogen (secondary N) is 1. The molecule has 10 nitrogen and oxygen atoms in total. The molecular weight excluding hydrogens is 424 g/mol. The van der Waals surface area contributed by atoms with Gasteiger partial charge in [0.1, 0.15) is 18.4 Å². The number of rotatable bonds is 4. The summed E-state index contributed by atoms with van der Waals surface area (Å²) < 4.78 is 11.0. The van der Waals surface area contributed by atoms with Crippen molar-refractivity contribution in [3.8, 4) is 5.75 Å². The molecule has 0 saturated carbocycles. The van der Waals surface area contributed by atoms with E-state index in [1.54, 1.807) is 31.6 Å². The molecule has 0 spiro atoms. The first-order valence-corrected chi connectivity index (χ1v) is 9.91. The van der Waals surface area contributed by atoms with E-state index in [-0.39, 0.29) is 25.8 Å². The summed E-state index contributed by atoms with van der Waals surface area (Å²) in [6.45, 7) is -0.0532. The monoisotopic (exact) mass is 446 g/mol. The van der Waals surface area contributed by atoms with E-state index in [4.69, 9.17) is 9.26 Å². The fourth-order valence-electron chi connectivity index (χ4n) is 3.47. The van der Waals surface area contributed by atoms with Crippen LogP contribution in [0.5, 0.6) is 5.75 Å². The SMILES string of the molecule is C.CN1C(=O)[C@@H](NC(=O)c2noc(Cc3ccccc3)n2)COc2cc3nccnc3cc21. The number of carbonyl (C=O) groups excluding carboxylic acids is 2. The smallest absolute Gasteiger partial charge is 0.293 e. The van der Waals surface area contributed by atoms with Gasteiger partial charge in [0.05, 0.1) is 23.1 Å². The van der Waals surface area contributed by atoms with E-state index in [2.05, 4.69) is 25.4 Å². The van der Waals surface area contributed by atoms with Gasteiger partial charge in [0.25, 0.3) is 17.6 Å². The predicted octanol–water partition coefficient (Wildman–Crippen LogP) is 2.39. The first-order chi connectivity index (χ1) is 15.6. The third-order valence-corrected chi connectivity index (χ3v) is 5.12. The van der Waals surface area contributed by atoms with Gasteiger partial charge in [-0.25, -0.2) is 0 Å². The fourth-order valence-corrected chi connectivity index (χ4v) is 3.47. The molecule has 4 aromatic rings. The van der Waals surface area contributed by atoms with E-state index in [9.17, 15) is 9.59 Å². The molecule has 1 atom stereocenters. The second-order valence-corrected chi connectivity index (χ2v) is 7.27. The topological polar surface area (TPSA) is 123 Å². The van der Waals surface area contributed by atoms with Crippen molar-refractivity contribution in [1.29, 1.82) is 0 Å². The van der Waals surface area contributed by atoms with Crippen molar-refractivity contribution in [3.05, 3.63) is 72.1 Å². The highest BCUT2D eigenvalue weighted by molar-refractivity contribution is 6.03. The normalized spacial score (nSPS) is 15.2. The largest absolute Gasteiger partial charge is 0.489 e. The Labute approximate surface area is 189 Å². The summed E-state index contributed by atoms with van der Waals surface area (Å²) in [4.78, 5) is 39.8. The summed E-state index contributed by atoms with van der Waals surface area (Å²) in [5.74, 6) is -0.320. The second-order valence-electron chi connectivity index (χ2n) is 7.27. The van der Waals surface area contributed by atoms with Gasteiger partial charge in [-0.3, -0.25) is 19.6 Å². The number of amides is 2. The standard InChI is InChI=1S/C22H18N6O4.CH4/c1-28-17-10-14-15(24-8-7-23-14)11-18(17)31-12-16(22(28)30)25-21(29)20-26-19(32-27-20)9-13-5-3-2-4-6-13;/h2-8,10-11,16H,9,12H2,1H3,(H,25,29);1H4/t16-;/m0./s1. The molecule has 33 heavy (non-hydrogen) atoms. The molecule has 0 saturated heterocycles. The number of hydrogen-bond donors (Lipinski definition) is 1. The zero-order valence-corrected chi connectivity index (χ0v) is 17.1. The third-order valence-electron chi connectivity index (χ3n) is 5.12. The van der Waals surface area contributed by atoms with Crippen LogP contribution in [0.25, 0.3) is 11.0 Å². The van der Waals surface area contributed by atoms with E-state index in [0.717, 1.165) is 5.56 Å². The Morgan fingerprint density at radius 3 is 2.64 bits per heavy atom. The van der Waals surface area contributed by atoms with E-state index in [0.29, 0.717) is 34.8 Å². The van der Waals surface area contributed by atoms with E-state index in [1.165, 1.54) is 4.90 Å². The van der Waals surface area contributed by atoms with Crippen LogP contribution >= 0.6 is 0 Å². The number of anilines is 1. The first kappa shape index (κ1) is 21.9. The minimum absolute atomic E-state index is 0. The Morgan fingerprint density at radius 2 is 1.88 bits per heavy atom. The quantitative estimate of drug-likeness (QED) is 0.507. The molecule has 0 bridgehead atoms. The van der Waals surface area contributed by atoms with Crippen LogP contribution in [0, 0.1) is 0 Å². The number of hydrogen-bond acceptors (Lipinski definition) is 8. The molecule has 5 rings (SSSR count). The molecule has 1 aliphatic rings. The van der Waals surface area contributed by atoms with E-state index < -0.39 is 11.9 Å². The molecule has 2 amide bonds. The van der Waals surface area contributed by atoms with Gasteiger partial charge in [0, 0.05) is 25.5 Å². The van der Waals surface area contributed by atoms with Gasteiger partial charge in [-0.1, -0.05) is 42.9 Å². The lowest BCUT2D eigenvalue weighted by atomic mass is 10.1. The fraction of sp³-hybridized carbons (Fsp3) is 0.217. The van der Waals surface area contributed by atoms with Gasteiger partial charge in [-0.05, 0) is 11.6 Å². The van der Waals surface area contributed by atoms with Crippen LogP contribution in [-0.2, 0) is 11.2 Å². The number of likely N-dealkylation sites (N-methyl/N-ethyl adjacent to an activating group) is 1. The van der Waals surface area contributed by atoms with Crippen LogP contribution < -0.4 is 15.0 Å². The first-order valence-electron chi connectivity index (χ1n) is 9.91. The number of aromatic nitrogens is 4. The van der Waals surface area contributed by atoms with Crippen molar-refractivity contribution in [3.63, 3.8) is 0 Å². The number of ether oxygens (including phenoxy) is 1. The second kappa shape index (κ2) is 9.03. The average molecular weight is 446 g/mol. The molecule has 10 heteroatoms. The molecule has 0 aliphatic carbocycles. The minimum Gasteiger partial charge on any atom is -0.489 e. The summed E-state index contributed by atoms with van der Waals surface area (Å²) in [5.41, 5.74) is 2.80. The highest BCUT2D eigenvalue weighted by Crippen LogP contribution is 2.33. The van der Waals surface area contributed by atoms with Gasteiger partial charge < -0.3 is 19.5 Å². The van der Waals surface area contributed by atoms with Gasteiger partial charge >= 0.3 is 0 Å². The highest BCUT2D eigenvalue weighted by atomic mass is 16.5. The summed E-state index contributed by atoms with van der Waals surface area (Å²) >= 11 is 0. The zero-order valence-electron chi connectivity index (χ0n) is 17.1. The van der Waals surface area contributed by atoms with Crippen molar-refractivity contribution in [1.82, 2.24) is 25.4 Å². The van der Waals surface area contributed by atoms with Gasteiger partial charge in [0.2, 0.25) is 5.89 Å². The van der Waals surface area contributed by atoms with Crippen LogP contribution in [0.4, 0.5) is 5.69 Å². The summed E-state index contributed by atoms with van der Waals surface area (Å²) in [7, 11) is 1.61. The number of benzene rings is 2. The molecule has 1 aliphatic heterocycles. The van der Waals surface area contributed by atoms with E-state index >= 15 is 0 Å². The molecule has 0 radical (unpaired) electrons. The minimum atomic E-state index is -0.931. The lowest BCUT2D eigenvalue weighted by Crippen LogP contribution is -2.49. The van der Waals surface area contributed by atoms with Crippen molar-refractivity contribution in [2.24, 2.45) is 0 Å². The van der Waals surface area contributed by atoms with Crippen LogP contribution in [-0.4, -0.2) is 51.6 Å². The van der Waals surface area contributed by atoms with Gasteiger partial charge in [-0.15, -0.1) is 0 Å².